The molecule has 2 atom stereocenters. The summed E-state index contributed by atoms with van der Waals surface area (Å²) in [6.07, 6.45) is 0.832. The van der Waals surface area contributed by atoms with Crippen molar-refractivity contribution in [3.8, 4) is 5.75 Å². The Balaban J connectivity index is 1.67. The van der Waals surface area contributed by atoms with Crippen LogP contribution in [0.2, 0.25) is 0 Å². The molecule has 1 saturated heterocycles. The molecule has 11 heteroatoms. The molecule has 3 aromatic rings. The third kappa shape index (κ3) is 3.77. The van der Waals surface area contributed by atoms with Gasteiger partial charge < -0.3 is 0 Å². The average molecular weight is 572 g/mol. The Hall–Kier alpha value is -3.53. The topological polar surface area (TPSA) is 81.1 Å². The molecule has 0 spiro atoms. The van der Waals surface area contributed by atoms with E-state index in [-0.39, 0.29) is 51.7 Å². The number of carbonyl (C=O) groups excluding carboxylic acids is 2. The summed E-state index contributed by atoms with van der Waals surface area (Å²) in [4.78, 5) is 39.9. The summed E-state index contributed by atoms with van der Waals surface area (Å²) < 4.78 is 43.1. The van der Waals surface area contributed by atoms with Crippen molar-refractivity contribution < 1.29 is 27.8 Å². The second kappa shape index (κ2) is 9.09. The Morgan fingerprint density at radius 3 is 2.73 bits per heavy atom. The van der Waals surface area contributed by atoms with Crippen molar-refractivity contribution in [3.63, 3.8) is 0 Å². The predicted molar refractivity (Wildman–Crippen MR) is 130 cm³/mol. The first-order valence-electron chi connectivity index (χ1n) is 11.7. The first kappa shape index (κ1) is 23.8. The second-order valence-electron chi connectivity index (χ2n) is 8.89. The Bertz CT molecular complexity index is 1510. The third-order valence-corrected chi connectivity index (χ3v) is 9.12. The van der Waals surface area contributed by atoms with Crippen LogP contribution in [0.3, 0.4) is 0 Å². The molecule has 0 radical (unpaired) electrons. The minimum atomic E-state index is -0.920. The Morgan fingerprint density at radius 2 is 1.92 bits per heavy atom. The SMILES string of the molecule is CC(=O)Oc1c2n(ccc1=O)N([C@@H]1c3ccccc3[Se]Cc3c1ccc(F)c3F)[C@@H]1COCCN1C2=O. The van der Waals surface area contributed by atoms with Gasteiger partial charge in [-0.3, -0.25) is 0 Å². The zero-order chi connectivity index (χ0) is 25.8. The van der Waals surface area contributed by atoms with E-state index in [1.165, 1.54) is 16.9 Å². The van der Waals surface area contributed by atoms with Crippen LogP contribution in [0.1, 0.15) is 40.1 Å². The molecule has 3 aliphatic heterocycles. The summed E-state index contributed by atoms with van der Waals surface area (Å²) in [6, 6.07) is 11.0. The van der Waals surface area contributed by atoms with Gasteiger partial charge in [-0.2, -0.15) is 0 Å². The molecule has 4 heterocycles. The molecule has 8 nitrogen and oxygen atoms in total. The summed E-state index contributed by atoms with van der Waals surface area (Å²) >= 11 is -0.182. The van der Waals surface area contributed by atoms with Crippen LogP contribution < -0.4 is 19.6 Å². The van der Waals surface area contributed by atoms with E-state index in [2.05, 4.69) is 0 Å². The number of aromatic nitrogens is 1. The number of rotatable bonds is 2. The number of esters is 1. The second-order valence-corrected chi connectivity index (χ2v) is 11.0. The Kier molecular flexibility index (Phi) is 5.86. The summed E-state index contributed by atoms with van der Waals surface area (Å²) in [5.74, 6) is -3.39. The summed E-state index contributed by atoms with van der Waals surface area (Å²) in [7, 11) is 0. The number of nitrogens with zero attached hydrogens (tertiary/aromatic N) is 3. The van der Waals surface area contributed by atoms with Gasteiger partial charge in [-0.15, -0.1) is 0 Å². The Morgan fingerprint density at radius 1 is 1.11 bits per heavy atom. The molecule has 1 amide bonds. The van der Waals surface area contributed by atoms with Crippen molar-refractivity contribution in [2.24, 2.45) is 0 Å². The van der Waals surface area contributed by atoms with Crippen LogP contribution in [-0.4, -0.2) is 62.3 Å². The van der Waals surface area contributed by atoms with E-state index < -0.39 is 41.1 Å². The van der Waals surface area contributed by atoms with Crippen LogP contribution in [0.5, 0.6) is 5.75 Å². The summed E-state index contributed by atoms with van der Waals surface area (Å²) in [5, 5.41) is 2.20. The van der Waals surface area contributed by atoms with E-state index in [0.717, 1.165) is 23.0 Å². The van der Waals surface area contributed by atoms with E-state index in [9.17, 15) is 18.8 Å². The van der Waals surface area contributed by atoms with Gasteiger partial charge in [-0.1, -0.05) is 0 Å². The van der Waals surface area contributed by atoms with Crippen LogP contribution in [0.25, 0.3) is 0 Å². The van der Waals surface area contributed by atoms with Crippen molar-refractivity contribution in [1.29, 1.82) is 0 Å². The molecule has 0 N–H and O–H groups in total. The number of fused-ring (bicyclic) bond motifs is 4. The molecule has 2 aromatic carbocycles. The number of hydrogen-bond acceptors (Lipinski definition) is 6. The van der Waals surface area contributed by atoms with Crippen molar-refractivity contribution in [2.45, 2.75) is 24.5 Å². The molecule has 0 unspecified atom stereocenters. The van der Waals surface area contributed by atoms with Gasteiger partial charge >= 0.3 is 217 Å². The number of benzene rings is 2. The first-order valence-corrected chi connectivity index (χ1v) is 13.7. The molecule has 1 aromatic heterocycles. The molecule has 0 saturated carbocycles. The molecule has 3 aliphatic rings. The number of hydrogen-bond donors (Lipinski definition) is 0. The maximum atomic E-state index is 15.2. The zero-order valence-electron chi connectivity index (χ0n) is 19.6. The van der Waals surface area contributed by atoms with E-state index in [4.69, 9.17) is 9.47 Å². The van der Waals surface area contributed by atoms with Gasteiger partial charge in [-0.05, 0) is 0 Å². The fourth-order valence-electron chi connectivity index (χ4n) is 5.21. The van der Waals surface area contributed by atoms with Crippen LogP contribution in [-0.2, 0) is 14.9 Å². The standard InChI is InChI=1S/C26H21F2N3O5Se/c1-14(32)36-25-19(33)8-9-30-24(25)26(34)29-10-11-35-12-21(29)31(30)23-15-6-7-18(27)22(28)17(15)13-37-20-5-3-2-4-16(20)23/h2-9,21,23H,10-13H2,1H3/t21-,23+/m1/s1. The van der Waals surface area contributed by atoms with Crippen molar-refractivity contribution >= 4 is 31.3 Å². The monoisotopic (exact) mass is 573 g/mol. The van der Waals surface area contributed by atoms with Gasteiger partial charge in [0.2, 0.25) is 0 Å². The zero-order valence-corrected chi connectivity index (χ0v) is 21.4. The van der Waals surface area contributed by atoms with Gasteiger partial charge in [0, 0.05) is 0 Å². The van der Waals surface area contributed by atoms with Crippen LogP contribution in [0.4, 0.5) is 8.78 Å². The number of morpholine rings is 1. The summed E-state index contributed by atoms with van der Waals surface area (Å²) in [5.41, 5.74) is 1.01. The van der Waals surface area contributed by atoms with Gasteiger partial charge in [0.15, 0.2) is 0 Å². The fourth-order valence-corrected chi connectivity index (χ4v) is 7.55. The van der Waals surface area contributed by atoms with Gasteiger partial charge in [0.05, 0.1) is 0 Å². The van der Waals surface area contributed by atoms with E-state index in [1.54, 1.807) is 11.0 Å². The maximum absolute atomic E-state index is 15.2. The average Bonchev–Trinajstić information content (AvgIpc) is 3.05. The summed E-state index contributed by atoms with van der Waals surface area (Å²) in [6.45, 7) is 1.84. The van der Waals surface area contributed by atoms with Crippen LogP contribution in [0, 0.1) is 11.6 Å². The molecule has 1 fully saturated rings. The van der Waals surface area contributed by atoms with Gasteiger partial charge in [0.1, 0.15) is 0 Å². The molecular formula is C26H21F2N3O5Se. The molecule has 6 rings (SSSR count). The van der Waals surface area contributed by atoms with Gasteiger partial charge in [-0.25, -0.2) is 0 Å². The van der Waals surface area contributed by atoms with E-state index >= 15 is 4.39 Å². The minimum absolute atomic E-state index is 0.0998. The van der Waals surface area contributed by atoms with Gasteiger partial charge in [0.25, 0.3) is 0 Å². The molecule has 0 aliphatic carbocycles. The first-order chi connectivity index (χ1) is 17.9. The van der Waals surface area contributed by atoms with Crippen molar-refractivity contribution in [1.82, 2.24) is 9.58 Å². The number of ether oxygens (including phenoxy) is 2. The third-order valence-electron chi connectivity index (χ3n) is 6.78. The fraction of sp³-hybridized carbons (Fsp3) is 0.269. The van der Waals surface area contributed by atoms with E-state index in [1.807, 2.05) is 29.3 Å². The normalized spacial score (nSPS) is 20.4. The molecule has 190 valence electrons. The number of carbonyl (C=O) groups is 2. The molecule has 37 heavy (non-hydrogen) atoms. The number of halogens is 2. The van der Waals surface area contributed by atoms with Crippen molar-refractivity contribution in [2.75, 3.05) is 24.8 Å². The molecular weight excluding hydrogens is 551 g/mol. The van der Waals surface area contributed by atoms with Crippen LogP contribution in [0.15, 0.2) is 53.5 Å². The van der Waals surface area contributed by atoms with Crippen LogP contribution >= 0.6 is 0 Å². The predicted octanol–water partition coefficient (Wildman–Crippen LogP) is 1.43. The van der Waals surface area contributed by atoms with Crippen molar-refractivity contribution in [3.05, 3.63) is 92.9 Å². The number of amides is 1. The number of pyridine rings is 1. The Labute approximate surface area is 216 Å². The molecule has 0 bridgehead atoms. The quantitative estimate of drug-likeness (QED) is 0.342. The van der Waals surface area contributed by atoms with E-state index in [0.29, 0.717) is 10.9 Å².